The lowest BCUT2D eigenvalue weighted by atomic mass is 9.74. The molecule has 1 amide bonds. The van der Waals surface area contributed by atoms with Gasteiger partial charge in [0.25, 0.3) is 0 Å². The molecule has 1 aliphatic rings. The van der Waals surface area contributed by atoms with Crippen LogP contribution in [0, 0.1) is 5.92 Å². The van der Waals surface area contributed by atoms with Crippen molar-refractivity contribution in [2.24, 2.45) is 5.92 Å². The summed E-state index contributed by atoms with van der Waals surface area (Å²) in [5.41, 5.74) is -0.763. The lowest BCUT2D eigenvalue weighted by Gasteiger charge is -2.43. The number of hydrogen-bond donors (Lipinski definition) is 1. The molecule has 1 saturated heterocycles. The summed E-state index contributed by atoms with van der Waals surface area (Å²) in [6, 6.07) is 7.44. The minimum absolute atomic E-state index is 0.0743. The summed E-state index contributed by atoms with van der Waals surface area (Å²) in [7, 11) is 1.68. The second-order valence-electron chi connectivity index (χ2n) is 8.65. The van der Waals surface area contributed by atoms with E-state index in [0.717, 1.165) is 31.2 Å². The van der Waals surface area contributed by atoms with Gasteiger partial charge in [-0.05, 0) is 70.6 Å². The van der Waals surface area contributed by atoms with Crippen LogP contribution in [0.4, 0.5) is 4.79 Å². The zero-order valence-electron chi connectivity index (χ0n) is 17.5. The van der Waals surface area contributed by atoms with Gasteiger partial charge in [-0.25, -0.2) is 4.79 Å². The number of piperidine rings is 1. The Bertz CT molecular complexity index is 646. The molecule has 28 heavy (non-hydrogen) atoms. The van der Waals surface area contributed by atoms with Crippen molar-refractivity contribution in [3.63, 3.8) is 0 Å². The minimum Gasteiger partial charge on any atom is -0.444 e. The first-order valence-electron chi connectivity index (χ1n) is 10.1. The fourth-order valence-electron chi connectivity index (χ4n) is 3.84. The fraction of sp³-hybridized carbons (Fsp3) is 0.682. The van der Waals surface area contributed by atoms with Crippen molar-refractivity contribution in [1.82, 2.24) is 4.90 Å². The SMILES string of the molecule is COCCCC[C@@](O)(c1cccc(Cl)c1)C1CCCN(C(=O)OC(C)(C)C)C1. The van der Waals surface area contributed by atoms with E-state index in [9.17, 15) is 9.90 Å². The molecule has 0 aromatic heterocycles. The molecular formula is C22H34ClNO4. The lowest BCUT2D eigenvalue weighted by Crippen LogP contribution is -2.49. The smallest absolute Gasteiger partial charge is 0.410 e. The van der Waals surface area contributed by atoms with Gasteiger partial charge in [-0.1, -0.05) is 23.7 Å². The number of likely N-dealkylation sites (tertiary alicyclic amines) is 1. The number of hydrogen-bond acceptors (Lipinski definition) is 4. The van der Waals surface area contributed by atoms with Crippen molar-refractivity contribution in [2.45, 2.75) is 64.1 Å². The Morgan fingerprint density at radius 3 is 2.71 bits per heavy atom. The number of halogens is 1. The molecule has 2 atom stereocenters. The number of nitrogens with zero attached hydrogens (tertiary/aromatic N) is 1. The zero-order valence-corrected chi connectivity index (χ0v) is 18.3. The number of aliphatic hydroxyl groups is 1. The van der Waals surface area contributed by atoms with Gasteiger partial charge < -0.3 is 19.5 Å². The molecule has 5 nitrogen and oxygen atoms in total. The van der Waals surface area contributed by atoms with Gasteiger partial charge in [0.15, 0.2) is 0 Å². The molecular weight excluding hydrogens is 378 g/mol. The number of unbranched alkanes of at least 4 members (excludes halogenated alkanes) is 1. The van der Waals surface area contributed by atoms with Crippen LogP contribution in [0.5, 0.6) is 0 Å². The highest BCUT2D eigenvalue weighted by atomic mass is 35.5. The molecule has 1 aliphatic heterocycles. The number of methoxy groups -OCH3 is 1. The highest BCUT2D eigenvalue weighted by Crippen LogP contribution is 2.40. The third-order valence-corrected chi connectivity index (χ3v) is 5.46. The Labute approximate surface area is 174 Å². The first-order chi connectivity index (χ1) is 13.2. The van der Waals surface area contributed by atoms with Crippen molar-refractivity contribution in [2.75, 3.05) is 26.8 Å². The number of rotatable bonds is 7. The highest BCUT2D eigenvalue weighted by Gasteiger charge is 2.41. The Morgan fingerprint density at radius 2 is 2.07 bits per heavy atom. The van der Waals surface area contributed by atoms with Gasteiger partial charge >= 0.3 is 6.09 Å². The molecule has 1 fully saturated rings. The fourth-order valence-corrected chi connectivity index (χ4v) is 4.03. The van der Waals surface area contributed by atoms with E-state index in [0.29, 0.717) is 31.1 Å². The molecule has 1 N–H and O–H groups in total. The van der Waals surface area contributed by atoms with Crippen molar-refractivity contribution in [3.8, 4) is 0 Å². The maximum atomic E-state index is 12.6. The summed E-state index contributed by atoms with van der Waals surface area (Å²) in [5.74, 6) is -0.0743. The first-order valence-corrected chi connectivity index (χ1v) is 10.5. The normalized spacial score (nSPS) is 19.9. The minimum atomic E-state index is -1.04. The zero-order chi connectivity index (χ0) is 20.8. The van der Waals surface area contributed by atoms with E-state index < -0.39 is 11.2 Å². The van der Waals surface area contributed by atoms with Crippen LogP contribution in [0.3, 0.4) is 0 Å². The lowest BCUT2D eigenvalue weighted by molar-refractivity contribution is -0.0642. The van der Waals surface area contributed by atoms with Crippen molar-refractivity contribution < 1.29 is 19.4 Å². The molecule has 0 bridgehead atoms. The topological polar surface area (TPSA) is 59.0 Å². The Hall–Kier alpha value is -1.30. The van der Waals surface area contributed by atoms with E-state index in [1.807, 2.05) is 45.0 Å². The number of benzene rings is 1. The number of carbonyl (C=O) groups is 1. The van der Waals surface area contributed by atoms with E-state index in [2.05, 4.69) is 0 Å². The second kappa shape index (κ2) is 9.95. The quantitative estimate of drug-likeness (QED) is 0.642. The molecule has 0 saturated carbocycles. The van der Waals surface area contributed by atoms with Crippen LogP contribution in [0.2, 0.25) is 5.02 Å². The predicted molar refractivity (Wildman–Crippen MR) is 112 cm³/mol. The molecule has 1 unspecified atom stereocenters. The molecule has 1 heterocycles. The summed E-state index contributed by atoms with van der Waals surface area (Å²) in [4.78, 5) is 14.3. The van der Waals surface area contributed by atoms with Crippen LogP contribution in [-0.4, -0.2) is 48.5 Å². The van der Waals surface area contributed by atoms with E-state index in [1.165, 1.54) is 0 Å². The van der Waals surface area contributed by atoms with Crippen LogP contribution >= 0.6 is 11.6 Å². The summed E-state index contributed by atoms with van der Waals surface area (Å²) >= 11 is 6.21. The maximum Gasteiger partial charge on any atom is 0.410 e. The molecule has 0 radical (unpaired) electrons. The van der Waals surface area contributed by atoms with Gasteiger partial charge in [-0.3, -0.25) is 0 Å². The van der Waals surface area contributed by atoms with Crippen LogP contribution in [0.25, 0.3) is 0 Å². The summed E-state index contributed by atoms with van der Waals surface area (Å²) in [6.45, 7) is 7.39. The van der Waals surface area contributed by atoms with E-state index >= 15 is 0 Å². The predicted octanol–water partition coefficient (Wildman–Crippen LogP) is 4.99. The monoisotopic (exact) mass is 411 g/mol. The average Bonchev–Trinajstić information content (AvgIpc) is 2.64. The Morgan fingerprint density at radius 1 is 1.32 bits per heavy atom. The van der Waals surface area contributed by atoms with E-state index in [4.69, 9.17) is 21.1 Å². The Kier molecular flexibility index (Phi) is 8.17. The van der Waals surface area contributed by atoms with Gasteiger partial charge in [0, 0.05) is 37.7 Å². The van der Waals surface area contributed by atoms with Gasteiger partial charge in [-0.2, -0.15) is 0 Å². The van der Waals surface area contributed by atoms with Crippen LogP contribution < -0.4 is 0 Å². The molecule has 1 aromatic rings. The number of amides is 1. The van der Waals surface area contributed by atoms with Crippen molar-refractivity contribution >= 4 is 17.7 Å². The largest absolute Gasteiger partial charge is 0.444 e. The summed E-state index contributed by atoms with van der Waals surface area (Å²) in [5, 5.41) is 12.4. The standard InChI is InChI=1S/C22H34ClNO4/c1-21(2,3)28-20(25)24-13-8-10-18(16-24)22(26,12-5-6-14-27-4)17-9-7-11-19(23)15-17/h7,9,11,15,18,26H,5-6,8,10,12-14,16H2,1-4H3/t18?,22-/m1/s1. The van der Waals surface area contributed by atoms with E-state index in [-0.39, 0.29) is 12.0 Å². The van der Waals surface area contributed by atoms with E-state index in [1.54, 1.807) is 12.0 Å². The summed E-state index contributed by atoms with van der Waals surface area (Å²) < 4.78 is 10.7. The van der Waals surface area contributed by atoms with Gasteiger partial charge in [-0.15, -0.1) is 0 Å². The molecule has 2 rings (SSSR count). The van der Waals surface area contributed by atoms with Gasteiger partial charge in [0.2, 0.25) is 0 Å². The van der Waals surface area contributed by atoms with Crippen LogP contribution in [0.15, 0.2) is 24.3 Å². The number of ether oxygens (including phenoxy) is 2. The van der Waals surface area contributed by atoms with Crippen molar-refractivity contribution in [3.05, 3.63) is 34.9 Å². The second-order valence-corrected chi connectivity index (χ2v) is 9.09. The summed E-state index contributed by atoms with van der Waals surface area (Å²) in [6.07, 6.45) is 3.69. The first kappa shape index (κ1) is 23.0. The third kappa shape index (κ3) is 6.36. The maximum absolute atomic E-state index is 12.6. The van der Waals surface area contributed by atoms with Crippen LogP contribution in [-0.2, 0) is 15.1 Å². The molecule has 0 aliphatic carbocycles. The van der Waals surface area contributed by atoms with Gasteiger partial charge in [0.1, 0.15) is 5.60 Å². The third-order valence-electron chi connectivity index (χ3n) is 5.23. The van der Waals surface area contributed by atoms with Gasteiger partial charge in [0.05, 0.1) is 5.60 Å². The molecule has 158 valence electrons. The van der Waals surface area contributed by atoms with Crippen LogP contribution in [0.1, 0.15) is 58.4 Å². The highest BCUT2D eigenvalue weighted by molar-refractivity contribution is 6.30. The van der Waals surface area contributed by atoms with Crippen molar-refractivity contribution in [1.29, 1.82) is 0 Å². The molecule has 1 aromatic carbocycles. The average molecular weight is 412 g/mol. The number of carbonyl (C=O) groups excluding carboxylic acids is 1. The Balaban J connectivity index is 2.20. The molecule has 6 heteroatoms. The molecule has 0 spiro atoms.